The molecule has 8 nitrogen and oxygen atoms in total. The highest BCUT2D eigenvalue weighted by molar-refractivity contribution is 7.10. The van der Waals surface area contributed by atoms with Crippen LogP contribution in [0.4, 0.5) is 9.18 Å². The molecule has 2 aliphatic rings. The highest BCUT2D eigenvalue weighted by atomic mass is 32.1. The number of carbonyl (C=O) groups excluding carboxylic acids is 2. The van der Waals surface area contributed by atoms with Crippen molar-refractivity contribution in [1.82, 2.24) is 20.0 Å². The minimum Gasteiger partial charge on any atom is -0.491 e. The molecule has 0 saturated carbocycles. The molecule has 4 rings (SSSR count). The summed E-state index contributed by atoms with van der Waals surface area (Å²) in [6.07, 6.45) is 0.772. The number of benzene rings is 1. The monoisotopic (exact) mass is 532 g/mol. The molecule has 2 aromatic rings. The smallest absolute Gasteiger partial charge is 0.318 e. The van der Waals surface area contributed by atoms with E-state index in [2.05, 4.69) is 10.2 Å². The number of rotatable bonds is 8. The van der Waals surface area contributed by atoms with Crippen LogP contribution >= 0.6 is 11.3 Å². The van der Waals surface area contributed by atoms with Gasteiger partial charge in [-0.2, -0.15) is 0 Å². The Morgan fingerprint density at radius 1 is 1.16 bits per heavy atom. The third-order valence-corrected chi connectivity index (χ3v) is 7.52. The lowest BCUT2D eigenvalue weighted by molar-refractivity contribution is -0.135. The second-order valence-corrected chi connectivity index (χ2v) is 11.5. The molecule has 10 heteroatoms. The van der Waals surface area contributed by atoms with E-state index in [9.17, 15) is 14.0 Å². The Hall–Kier alpha value is -2.69. The van der Waals surface area contributed by atoms with Crippen molar-refractivity contribution in [3.8, 4) is 5.75 Å². The molecule has 37 heavy (non-hydrogen) atoms. The molecule has 0 spiro atoms. The minimum atomic E-state index is -0.417. The highest BCUT2D eigenvalue weighted by Gasteiger charge is 2.34. The van der Waals surface area contributed by atoms with Crippen molar-refractivity contribution in [2.24, 2.45) is 0 Å². The molecule has 0 bridgehead atoms. The molecular formula is C27H37FN4O4S. The average Bonchev–Trinajstić information content (AvgIpc) is 3.34. The van der Waals surface area contributed by atoms with Gasteiger partial charge in [-0.05, 0) is 68.5 Å². The number of halogens is 1. The van der Waals surface area contributed by atoms with Crippen molar-refractivity contribution in [1.29, 1.82) is 0 Å². The number of nitrogens with zero attached hydrogens (tertiary/aromatic N) is 3. The lowest BCUT2D eigenvalue weighted by atomic mass is 10.0. The van der Waals surface area contributed by atoms with Crippen LogP contribution in [0.3, 0.4) is 0 Å². The summed E-state index contributed by atoms with van der Waals surface area (Å²) in [7, 11) is 0. The molecule has 1 fully saturated rings. The van der Waals surface area contributed by atoms with Crippen LogP contribution < -0.4 is 10.1 Å². The number of urea groups is 1. The number of carbonyl (C=O) groups is 2. The van der Waals surface area contributed by atoms with E-state index in [1.54, 1.807) is 28.4 Å². The molecule has 2 aliphatic heterocycles. The molecule has 3 heterocycles. The molecule has 1 N–H and O–H groups in total. The predicted octanol–water partition coefficient (Wildman–Crippen LogP) is 3.53. The maximum absolute atomic E-state index is 13.7. The Labute approximate surface area is 222 Å². The molecule has 1 saturated heterocycles. The van der Waals surface area contributed by atoms with Gasteiger partial charge >= 0.3 is 6.03 Å². The molecule has 0 unspecified atom stereocenters. The summed E-state index contributed by atoms with van der Waals surface area (Å²) in [4.78, 5) is 33.8. The van der Waals surface area contributed by atoms with Crippen molar-refractivity contribution in [3.63, 3.8) is 0 Å². The van der Waals surface area contributed by atoms with E-state index in [1.165, 1.54) is 17.0 Å². The quantitative estimate of drug-likeness (QED) is 0.563. The Kier molecular flexibility index (Phi) is 9.04. The molecule has 1 aromatic carbocycles. The normalized spacial score (nSPS) is 18.3. The zero-order valence-electron chi connectivity index (χ0n) is 21.9. The van der Waals surface area contributed by atoms with E-state index in [-0.39, 0.29) is 36.9 Å². The van der Waals surface area contributed by atoms with Gasteiger partial charge < -0.3 is 24.6 Å². The SMILES string of the molecule is CC(C)(C)NC(=O)N(CCN1CCOCC1)CC(=O)N1CCc2sccc2[C@H]1COc1ccc(F)cc1. The van der Waals surface area contributed by atoms with Crippen molar-refractivity contribution >= 4 is 23.3 Å². The fourth-order valence-corrected chi connectivity index (χ4v) is 5.50. The standard InChI is InChI=1S/C27H37FN4O4S/c1-27(2,3)29-26(34)31(12-11-30-13-15-35-16-14-30)18-25(33)32-10-8-24-22(9-17-37-24)23(32)19-36-21-6-4-20(28)5-7-21/h4-7,9,17,23H,8,10-16,18-19H2,1-3H3,(H,29,34)/t23-/m1/s1. The molecular weight excluding hydrogens is 495 g/mol. The van der Waals surface area contributed by atoms with E-state index in [1.807, 2.05) is 37.1 Å². The highest BCUT2D eigenvalue weighted by Crippen LogP contribution is 2.34. The molecule has 1 aromatic heterocycles. The summed E-state index contributed by atoms with van der Waals surface area (Å²) in [5, 5.41) is 5.05. The van der Waals surface area contributed by atoms with Gasteiger partial charge in [-0.25, -0.2) is 9.18 Å². The fourth-order valence-electron chi connectivity index (χ4n) is 4.57. The van der Waals surface area contributed by atoms with E-state index in [4.69, 9.17) is 9.47 Å². The van der Waals surface area contributed by atoms with Gasteiger partial charge in [0.25, 0.3) is 0 Å². The number of amides is 3. The van der Waals surface area contributed by atoms with Crippen molar-refractivity contribution in [2.45, 2.75) is 38.8 Å². The Morgan fingerprint density at radius 3 is 2.59 bits per heavy atom. The number of ether oxygens (including phenoxy) is 2. The van der Waals surface area contributed by atoms with Crippen LogP contribution in [0.2, 0.25) is 0 Å². The summed E-state index contributed by atoms with van der Waals surface area (Å²) < 4.78 is 24.7. The van der Waals surface area contributed by atoms with Crippen LogP contribution in [0, 0.1) is 5.82 Å². The third kappa shape index (κ3) is 7.66. The lowest BCUT2D eigenvalue weighted by Gasteiger charge is -2.38. The van der Waals surface area contributed by atoms with Crippen molar-refractivity contribution < 1.29 is 23.5 Å². The lowest BCUT2D eigenvalue weighted by Crippen LogP contribution is -2.54. The van der Waals surface area contributed by atoms with Gasteiger partial charge in [0, 0.05) is 43.1 Å². The zero-order chi connectivity index (χ0) is 26.4. The number of thiophene rings is 1. The number of nitrogens with one attached hydrogen (secondary N) is 1. The number of hydrogen-bond donors (Lipinski definition) is 1. The summed E-state index contributed by atoms with van der Waals surface area (Å²) in [5.74, 6) is 0.107. The zero-order valence-corrected chi connectivity index (χ0v) is 22.7. The molecule has 202 valence electrons. The van der Waals surface area contributed by atoms with Crippen LogP contribution in [0.15, 0.2) is 35.7 Å². The Morgan fingerprint density at radius 2 is 1.89 bits per heavy atom. The topological polar surface area (TPSA) is 74.4 Å². The minimum absolute atomic E-state index is 0.0151. The second-order valence-electron chi connectivity index (χ2n) is 10.5. The largest absolute Gasteiger partial charge is 0.491 e. The number of morpholine rings is 1. The molecule has 0 radical (unpaired) electrons. The summed E-state index contributed by atoms with van der Waals surface area (Å²) in [6.45, 7) is 10.7. The number of hydrogen-bond acceptors (Lipinski definition) is 6. The molecule has 1 atom stereocenters. The average molecular weight is 533 g/mol. The van der Waals surface area contributed by atoms with Crippen molar-refractivity contribution in [2.75, 3.05) is 59.1 Å². The van der Waals surface area contributed by atoms with Crippen LogP contribution in [-0.2, 0) is 16.0 Å². The van der Waals surface area contributed by atoms with Crippen LogP contribution in [0.1, 0.15) is 37.3 Å². The first-order chi connectivity index (χ1) is 17.7. The van der Waals surface area contributed by atoms with Gasteiger partial charge in [0.05, 0.1) is 19.3 Å². The van der Waals surface area contributed by atoms with Crippen molar-refractivity contribution in [3.05, 3.63) is 52.0 Å². The van der Waals surface area contributed by atoms with Crippen LogP contribution in [0.25, 0.3) is 0 Å². The fraction of sp³-hybridized carbons (Fsp3) is 0.556. The van der Waals surface area contributed by atoms with Gasteiger partial charge in [-0.1, -0.05) is 0 Å². The maximum atomic E-state index is 13.7. The summed E-state index contributed by atoms with van der Waals surface area (Å²) >= 11 is 1.68. The van der Waals surface area contributed by atoms with Gasteiger partial charge in [0.1, 0.15) is 24.7 Å². The maximum Gasteiger partial charge on any atom is 0.318 e. The first kappa shape index (κ1) is 27.3. The number of fused-ring (bicyclic) bond motifs is 1. The summed E-state index contributed by atoms with van der Waals surface area (Å²) in [6, 6.07) is 7.40. The third-order valence-electron chi connectivity index (χ3n) is 6.52. The Balaban J connectivity index is 1.47. The molecule has 3 amide bonds. The van der Waals surface area contributed by atoms with E-state index in [0.717, 1.165) is 25.1 Å². The predicted molar refractivity (Wildman–Crippen MR) is 141 cm³/mol. The van der Waals surface area contributed by atoms with Gasteiger partial charge in [0.2, 0.25) is 5.91 Å². The van der Waals surface area contributed by atoms with E-state index in [0.29, 0.717) is 38.6 Å². The van der Waals surface area contributed by atoms with Gasteiger partial charge in [0.15, 0.2) is 0 Å². The first-order valence-corrected chi connectivity index (χ1v) is 13.7. The van der Waals surface area contributed by atoms with Crippen LogP contribution in [0.5, 0.6) is 5.75 Å². The van der Waals surface area contributed by atoms with E-state index < -0.39 is 5.54 Å². The molecule has 0 aliphatic carbocycles. The van der Waals surface area contributed by atoms with Crippen LogP contribution in [-0.4, -0.2) is 91.3 Å². The van der Waals surface area contributed by atoms with E-state index >= 15 is 0 Å². The summed E-state index contributed by atoms with van der Waals surface area (Å²) in [5.41, 5.74) is 0.658. The van der Waals surface area contributed by atoms with Gasteiger partial charge in [-0.15, -0.1) is 11.3 Å². The Bertz CT molecular complexity index is 1050. The van der Waals surface area contributed by atoms with Gasteiger partial charge in [-0.3, -0.25) is 9.69 Å². The first-order valence-electron chi connectivity index (χ1n) is 12.8. The second kappa shape index (κ2) is 12.2.